The van der Waals surface area contributed by atoms with Crippen LogP contribution in [0, 0.1) is 0 Å². The van der Waals surface area contributed by atoms with E-state index in [0.29, 0.717) is 11.3 Å². The first-order valence-electron chi connectivity index (χ1n) is 6.32. The van der Waals surface area contributed by atoms with Gasteiger partial charge >= 0.3 is 0 Å². The van der Waals surface area contributed by atoms with E-state index in [1.807, 2.05) is 19.2 Å². The summed E-state index contributed by atoms with van der Waals surface area (Å²) in [5, 5.41) is 5.51. The Labute approximate surface area is 122 Å². The Morgan fingerprint density at radius 2 is 2.11 bits per heavy atom. The van der Waals surface area contributed by atoms with E-state index in [4.69, 9.17) is 11.6 Å². The first-order valence-corrected chi connectivity index (χ1v) is 7.57. The molecular formula is C15H15ClN2S. The molecule has 0 aliphatic heterocycles. The summed E-state index contributed by atoms with van der Waals surface area (Å²) >= 11 is 7.96. The van der Waals surface area contributed by atoms with Crippen molar-refractivity contribution in [2.75, 3.05) is 7.05 Å². The van der Waals surface area contributed by atoms with E-state index in [-0.39, 0.29) is 0 Å². The summed E-state index contributed by atoms with van der Waals surface area (Å²) < 4.78 is 0. The van der Waals surface area contributed by atoms with Gasteiger partial charge in [-0.15, -0.1) is 0 Å². The zero-order valence-electron chi connectivity index (χ0n) is 10.6. The molecule has 2 aromatic rings. The fourth-order valence-corrected chi connectivity index (χ4v) is 4.14. The summed E-state index contributed by atoms with van der Waals surface area (Å²) in [6.07, 6.45) is 2.85. The smallest absolute Gasteiger partial charge is 0.115 e. The van der Waals surface area contributed by atoms with Gasteiger partial charge in [0, 0.05) is 17.5 Å². The second-order valence-corrected chi connectivity index (χ2v) is 6.25. The maximum absolute atomic E-state index is 6.20. The highest BCUT2D eigenvalue weighted by atomic mass is 35.5. The fraction of sp³-hybridized carbons (Fsp3) is 0.267. The monoisotopic (exact) mass is 290 g/mol. The van der Waals surface area contributed by atoms with Crippen LogP contribution in [0.3, 0.4) is 0 Å². The third kappa shape index (κ3) is 2.50. The number of hydrogen-bond donors (Lipinski definition) is 1. The zero-order valence-corrected chi connectivity index (χ0v) is 12.2. The number of halogens is 1. The predicted molar refractivity (Wildman–Crippen MR) is 80.8 cm³/mol. The van der Waals surface area contributed by atoms with Crippen molar-refractivity contribution in [1.29, 1.82) is 0 Å². The molecule has 1 aliphatic carbocycles. The molecule has 98 valence electrons. The van der Waals surface area contributed by atoms with Gasteiger partial charge in [-0.1, -0.05) is 47.6 Å². The average Bonchev–Trinajstić information content (AvgIpc) is 2.78. The lowest BCUT2D eigenvalue weighted by Gasteiger charge is -2.19. The van der Waals surface area contributed by atoms with E-state index in [2.05, 4.69) is 34.6 Å². The molecule has 1 N–H and O–H groups in total. The molecule has 19 heavy (non-hydrogen) atoms. The Hall–Kier alpha value is -1.03. The molecule has 1 aliphatic rings. The molecule has 2 unspecified atom stereocenters. The molecule has 2 nitrogen and oxygen atoms in total. The summed E-state index contributed by atoms with van der Waals surface area (Å²) in [5.41, 5.74) is 2.82. The third-order valence-corrected chi connectivity index (χ3v) is 5.19. The van der Waals surface area contributed by atoms with E-state index >= 15 is 0 Å². The van der Waals surface area contributed by atoms with Crippen LogP contribution in [0.1, 0.15) is 17.2 Å². The highest BCUT2D eigenvalue weighted by molar-refractivity contribution is 8.00. The quantitative estimate of drug-likeness (QED) is 0.933. The maximum Gasteiger partial charge on any atom is 0.115 e. The number of nitrogens with zero attached hydrogens (tertiary/aromatic N) is 1. The van der Waals surface area contributed by atoms with Gasteiger partial charge in [0.2, 0.25) is 0 Å². The maximum atomic E-state index is 6.20. The number of nitrogens with one attached hydrogen (secondary N) is 1. The van der Waals surface area contributed by atoms with Crippen molar-refractivity contribution in [1.82, 2.24) is 10.3 Å². The van der Waals surface area contributed by atoms with Crippen LogP contribution in [0.4, 0.5) is 0 Å². The molecule has 0 amide bonds. The van der Waals surface area contributed by atoms with Crippen LogP contribution in [0.25, 0.3) is 0 Å². The van der Waals surface area contributed by atoms with Crippen LogP contribution in [0.5, 0.6) is 0 Å². The van der Waals surface area contributed by atoms with E-state index in [0.717, 1.165) is 16.5 Å². The van der Waals surface area contributed by atoms with Crippen LogP contribution >= 0.6 is 23.4 Å². The van der Waals surface area contributed by atoms with Crippen LogP contribution in [-0.4, -0.2) is 17.3 Å². The number of pyridine rings is 1. The topological polar surface area (TPSA) is 24.9 Å². The lowest BCUT2D eigenvalue weighted by atomic mass is 10.1. The molecular weight excluding hydrogens is 276 g/mol. The van der Waals surface area contributed by atoms with E-state index in [9.17, 15) is 0 Å². The Bertz CT molecular complexity index is 588. The van der Waals surface area contributed by atoms with E-state index in [1.54, 1.807) is 18.0 Å². The summed E-state index contributed by atoms with van der Waals surface area (Å²) in [4.78, 5) is 4.38. The minimum Gasteiger partial charge on any atom is -0.312 e. The van der Waals surface area contributed by atoms with E-state index < -0.39 is 0 Å². The van der Waals surface area contributed by atoms with Crippen molar-refractivity contribution in [2.24, 2.45) is 0 Å². The van der Waals surface area contributed by atoms with Crippen molar-refractivity contribution in [3.05, 3.63) is 58.7 Å². The average molecular weight is 291 g/mol. The van der Waals surface area contributed by atoms with Crippen LogP contribution < -0.4 is 5.32 Å². The summed E-state index contributed by atoms with van der Waals surface area (Å²) in [7, 11) is 2.01. The predicted octanol–water partition coefficient (Wildman–Crippen LogP) is 3.71. The van der Waals surface area contributed by atoms with Gasteiger partial charge in [-0.3, -0.25) is 0 Å². The Balaban J connectivity index is 1.86. The van der Waals surface area contributed by atoms with Gasteiger partial charge < -0.3 is 5.32 Å². The molecule has 1 aromatic carbocycles. The summed E-state index contributed by atoms with van der Waals surface area (Å²) in [6, 6.07) is 12.7. The number of thioether (sulfide) groups is 1. The molecule has 1 aromatic heterocycles. The van der Waals surface area contributed by atoms with E-state index in [1.165, 1.54) is 11.1 Å². The Morgan fingerprint density at radius 1 is 1.26 bits per heavy atom. The Kier molecular flexibility index (Phi) is 3.78. The number of rotatable bonds is 3. The van der Waals surface area contributed by atoms with Crippen molar-refractivity contribution >= 4 is 23.4 Å². The van der Waals surface area contributed by atoms with Gasteiger partial charge in [-0.2, -0.15) is 0 Å². The molecule has 4 heteroatoms. The molecule has 0 spiro atoms. The number of hydrogen-bond acceptors (Lipinski definition) is 3. The molecule has 0 saturated heterocycles. The fourth-order valence-electron chi connectivity index (χ4n) is 2.61. The van der Waals surface area contributed by atoms with Gasteiger partial charge in [-0.25, -0.2) is 4.98 Å². The molecule has 0 bridgehead atoms. The normalized spacial score (nSPS) is 21.4. The van der Waals surface area contributed by atoms with Crippen molar-refractivity contribution in [2.45, 2.75) is 22.7 Å². The second-order valence-electron chi connectivity index (χ2n) is 4.62. The van der Waals surface area contributed by atoms with Gasteiger partial charge in [0.25, 0.3) is 0 Å². The molecule has 0 saturated carbocycles. The van der Waals surface area contributed by atoms with Crippen molar-refractivity contribution in [3.8, 4) is 0 Å². The number of aromatic nitrogens is 1. The molecule has 0 fully saturated rings. The zero-order chi connectivity index (χ0) is 13.2. The largest absolute Gasteiger partial charge is 0.312 e. The highest BCUT2D eigenvalue weighted by Gasteiger charge is 2.32. The summed E-state index contributed by atoms with van der Waals surface area (Å²) in [5.74, 6) is 0. The minimum atomic E-state index is 0.360. The van der Waals surface area contributed by atoms with Crippen molar-refractivity contribution in [3.63, 3.8) is 0 Å². The SMILES string of the molecule is CNC1c2ccccc2CC1Sc1ncccc1Cl. The lowest BCUT2D eigenvalue weighted by Crippen LogP contribution is -2.23. The molecule has 1 heterocycles. The highest BCUT2D eigenvalue weighted by Crippen LogP contribution is 2.42. The standard InChI is InChI=1S/C15H15ClN2S/c1-17-14-11-6-3-2-5-10(11)9-13(14)19-15-12(16)7-4-8-18-15/h2-8,13-14,17H,9H2,1H3. The van der Waals surface area contributed by atoms with Crippen LogP contribution in [-0.2, 0) is 6.42 Å². The first kappa shape index (κ1) is 13.0. The van der Waals surface area contributed by atoms with Crippen LogP contribution in [0.2, 0.25) is 5.02 Å². The van der Waals surface area contributed by atoms with Gasteiger partial charge in [0.05, 0.1) is 5.02 Å². The van der Waals surface area contributed by atoms with Gasteiger partial charge in [0.1, 0.15) is 5.03 Å². The lowest BCUT2D eigenvalue weighted by molar-refractivity contribution is 0.603. The molecule has 2 atom stereocenters. The van der Waals surface area contributed by atoms with Gasteiger partial charge in [0.15, 0.2) is 0 Å². The first-order chi connectivity index (χ1) is 9.29. The molecule has 3 rings (SSSR count). The number of benzene rings is 1. The van der Waals surface area contributed by atoms with Gasteiger partial charge in [-0.05, 0) is 36.7 Å². The summed E-state index contributed by atoms with van der Waals surface area (Å²) in [6.45, 7) is 0. The van der Waals surface area contributed by atoms with Crippen LogP contribution in [0.15, 0.2) is 47.6 Å². The van der Waals surface area contributed by atoms with Crippen molar-refractivity contribution < 1.29 is 0 Å². The third-order valence-electron chi connectivity index (χ3n) is 3.48. The Morgan fingerprint density at radius 3 is 2.89 bits per heavy atom. The molecule has 0 radical (unpaired) electrons. The second kappa shape index (κ2) is 5.53. The number of fused-ring (bicyclic) bond motifs is 1. The minimum absolute atomic E-state index is 0.360.